The summed E-state index contributed by atoms with van der Waals surface area (Å²) in [6.45, 7) is 2.98. The lowest BCUT2D eigenvalue weighted by Gasteiger charge is -2.36. The van der Waals surface area contributed by atoms with Crippen LogP contribution in [0.3, 0.4) is 0 Å². The summed E-state index contributed by atoms with van der Waals surface area (Å²) in [5.74, 6) is 1.31. The second-order valence-electron chi connectivity index (χ2n) is 5.49. The number of benzene rings is 1. The Balaban J connectivity index is 1.44. The number of hydrogen-bond acceptors (Lipinski definition) is 6. The molecule has 1 aliphatic heterocycles. The molecule has 23 heavy (non-hydrogen) atoms. The Bertz CT molecular complexity index is 837. The van der Waals surface area contributed by atoms with Crippen LogP contribution in [0, 0.1) is 6.92 Å². The van der Waals surface area contributed by atoms with E-state index >= 15 is 0 Å². The van der Waals surface area contributed by atoms with E-state index < -0.39 is 0 Å². The summed E-state index contributed by atoms with van der Waals surface area (Å²) >= 11 is 1.48. The molecule has 1 fully saturated rings. The van der Waals surface area contributed by atoms with Crippen LogP contribution in [0.2, 0.25) is 0 Å². The Morgan fingerprint density at radius 1 is 1.26 bits per heavy atom. The molecule has 7 heteroatoms. The van der Waals surface area contributed by atoms with Crippen LogP contribution in [-0.2, 0) is 0 Å². The van der Waals surface area contributed by atoms with E-state index in [0.717, 1.165) is 10.6 Å². The summed E-state index contributed by atoms with van der Waals surface area (Å²) < 4.78 is 5.15. The number of rotatable bonds is 3. The molecule has 1 aliphatic rings. The van der Waals surface area contributed by atoms with Gasteiger partial charge >= 0.3 is 0 Å². The van der Waals surface area contributed by atoms with E-state index in [4.69, 9.17) is 4.52 Å². The van der Waals surface area contributed by atoms with Crippen molar-refractivity contribution in [3.63, 3.8) is 0 Å². The Morgan fingerprint density at radius 3 is 2.74 bits per heavy atom. The molecule has 0 unspecified atom stereocenters. The first-order valence-corrected chi connectivity index (χ1v) is 8.19. The number of carbonyl (C=O) groups excluding carboxylic acids is 1. The second kappa shape index (κ2) is 5.58. The van der Waals surface area contributed by atoms with Gasteiger partial charge in [0.25, 0.3) is 5.91 Å². The fourth-order valence-electron chi connectivity index (χ4n) is 2.53. The molecule has 3 aromatic rings. The molecule has 6 nitrogen and oxygen atoms in total. The Hall–Kier alpha value is -2.54. The molecule has 1 saturated heterocycles. The number of aromatic nitrogens is 3. The molecule has 2 aromatic heterocycles. The van der Waals surface area contributed by atoms with Crippen molar-refractivity contribution in [1.29, 1.82) is 0 Å². The van der Waals surface area contributed by atoms with Crippen LogP contribution in [0.5, 0.6) is 0 Å². The van der Waals surface area contributed by atoms with Gasteiger partial charge in [0.05, 0.1) is 5.92 Å². The lowest BCUT2D eigenvalue weighted by atomic mass is 10.00. The number of thiazole rings is 1. The molecule has 1 amide bonds. The monoisotopic (exact) mass is 326 g/mol. The standard InChI is InChI=1S/C16H14N4O2S/c1-10-17-14(22-19-10)12-7-20(8-12)16(21)13-9-23-15(18-13)11-5-3-2-4-6-11/h2-6,9,12H,7-8H2,1H3. The van der Waals surface area contributed by atoms with Crippen LogP contribution in [0.1, 0.15) is 28.1 Å². The van der Waals surface area contributed by atoms with Crippen LogP contribution in [0.4, 0.5) is 0 Å². The van der Waals surface area contributed by atoms with E-state index in [9.17, 15) is 4.79 Å². The summed E-state index contributed by atoms with van der Waals surface area (Å²) in [5.41, 5.74) is 1.52. The summed E-state index contributed by atoms with van der Waals surface area (Å²) in [6, 6.07) is 9.87. The summed E-state index contributed by atoms with van der Waals surface area (Å²) in [5, 5.41) is 6.46. The van der Waals surface area contributed by atoms with Crippen LogP contribution in [0.25, 0.3) is 10.6 Å². The third-order valence-corrected chi connectivity index (χ3v) is 4.70. The second-order valence-corrected chi connectivity index (χ2v) is 6.35. The van der Waals surface area contributed by atoms with Gasteiger partial charge in [-0.25, -0.2) is 4.98 Å². The first-order chi connectivity index (χ1) is 11.2. The molecule has 0 saturated carbocycles. The van der Waals surface area contributed by atoms with Crippen molar-refractivity contribution in [2.75, 3.05) is 13.1 Å². The maximum Gasteiger partial charge on any atom is 0.273 e. The predicted octanol–water partition coefficient (Wildman–Crippen LogP) is 2.74. The van der Waals surface area contributed by atoms with Crippen molar-refractivity contribution in [3.05, 3.63) is 53.1 Å². The van der Waals surface area contributed by atoms with Crippen molar-refractivity contribution in [2.45, 2.75) is 12.8 Å². The summed E-state index contributed by atoms with van der Waals surface area (Å²) in [4.78, 5) is 22.9. The van der Waals surface area contributed by atoms with Gasteiger partial charge in [-0.2, -0.15) is 4.98 Å². The lowest BCUT2D eigenvalue weighted by Crippen LogP contribution is -2.48. The number of aryl methyl sites for hydroxylation is 1. The molecule has 1 aromatic carbocycles. The minimum atomic E-state index is -0.0454. The number of hydrogen-bond donors (Lipinski definition) is 0. The number of likely N-dealkylation sites (tertiary alicyclic amines) is 1. The van der Waals surface area contributed by atoms with Crippen molar-refractivity contribution < 1.29 is 9.32 Å². The molecule has 3 heterocycles. The highest BCUT2D eigenvalue weighted by molar-refractivity contribution is 7.13. The van der Waals surface area contributed by atoms with E-state index in [-0.39, 0.29) is 11.8 Å². The highest BCUT2D eigenvalue weighted by Crippen LogP contribution is 2.29. The van der Waals surface area contributed by atoms with Crippen molar-refractivity contribution in [3.8, 4) is 10.6 Å². The van der Waals surface area contributed by atoms with E-state index in [2.05, 4.69) is 15.1 Å². The van der Waals surface area contributed by atoms with Crippen molar-refractivity contribution in [2.24, 2.45) is 0 Å². The molecule has 0 atom stereocenters. The zero-order chi connectivity index (χ0) is 15.8. The summed E-state index contributed by atoms with van der Waals surface area (Å²) in [6.07, 6.45) is 0. The van der Waals surface area contributed by atoms with Gasteiger partial charge in [0.1, 0.15) is 10.7 Å². The average Bonchev–Trinajstić information content (AvgIpc) is 3.16. The molecule has 0 N–H and O–H groups in total. The zero-order valence-electron chi connectivity index (χ0n) is 12.5. The Labute approximate surface area is 136 Å². The van der Waals surface area contributed by atoms with Gasteiger partial charge in [0, 0.05) is 24.0 Å². The van der Waals surface area contributed by atoms with E-state index in [0.29, 0.717) is 30.5 Å². The molecular formula is C16H14N4O2S. The number of nitrogens with zero attached hydrogens (tertiary/aromatic N) is 4. The Morgan fingerprint density at radius 2 is 2.04 bits per heavy atom. The SMILES string of the molecule is Cc1noc(C2CN(C(=O)c3csc(-c4ccccc4)n3)C2)n1. The van der Waals surface area contributed by atoms with Gasteiger partial charge in [0.2, 0.25) is 5.89 Å². The normalized spacial score (nSPS) is 14.7. The largest absolute Gasteiger partial charge is 0.339 e. The van der Waals surface area contributed by atoms with Crippen LogP contribution < -0.4 is 0 Å². The lowest BCUT2D eigenvalue weighted by molar-refractivity contribution is 0.0564. The van der Waals surface area contributed by atoms with Crippen LogP contribution in [0.15, 0.2) is 40.2 Å². The van der Waals surface area contributed by atoms with Gasteiger partial charge < -0.3 is 9.42 Å². The maximum atomic E-state index is 12.5. The van der Waals surface area contributed by atoms with Gasteiger partial charge in [-0.3, -0.25) is 4.79 Å². The fraction of sp³-hybridized carbons (Fsp3) is 0.250. The number of carbonyl (C=O) groups is 1. The van der Waals surface area contributed by atoms with Crippen molar-refractivity contribution >= 4 is 17.2 Å². The molecule has 0 aliphatic carbocycles. The highest BCUT2D eigenvalue weighted by atomic mass is 32.1. The van der Waals surface area contributed by atoms with Gasteiger partial charge in [-0.15, -0.1) is 11.3 Å². The van der Waals surface area contributed by atoms with Crippen molar-refractivity contribution in [1.82, 2.24) is 20.0 Å². The highest BCUT2D eigenvalue weighted by Gasteiger charge is 2.36. The molecule has 0 spiro atoms. The Kier molecular flexibility index (Phi) is 3.42. The van der Waals surface area contributed by atoms with Crippen LogP contribution in [-0.4, -0.2) is 39.0 Å². The zero-order valence-corrected chi connectivity index (χ0v) is 13.3. The van der Waals surface area contributed by atoms with Gasteiger partial charge in [-0.1, -0.05) is 35.5 Å². The summed E-state index contributed by atoms with van der Waals surface area (Å²) in [7, 11) is 0. The quantitative estimate of drug-likeness (QED) is 0.740. The molecule has 0 radical (unpaired) electrons. The third kappa shape index (κ3) is 2.63. The third-order valence-electron chi connectivity index (χ3n) is 3.81. The average molecular weight is 326 g/mol. The number of amides is 1. The van der Waals surface area contributed by atoms with E-state index in [1.807, 2.05) is 35.7 Å². The molecule has 116 valence electrons. The maximum absolute atomic E-state index is 12.5. The first-order valence-electron chi connectivity index (χ1n) is 7.31. The van der Waals surface area contributed by atoms with E-state index in [1.165, 1.54) is 11.3 Å². The smallest absolute Gasteiger partial charge is 0.273 e. The minimum Gasteiger partial charge on any atom is -0.339 e. The topological polar surface area (TPSA) is 72.1 Å². The molecular weight excluding hydrogens is 312 g/mol. The van der Waals surface area contributed by atoms with Gasteiger partial charge in [0.15, 0.2) is 5.82 Å². The van der Waals surface area contributed by atoms with Gasteiger partial charge in [-0.05, 0) is 6.92 Å². The first kappa shape index (κ1) is 14.1. The molecule has 0 bridgehead atoms. The fourth-order valence-corrected chi connectivity index (χ4v) is 3.33. The molecule has 4 rings (SSSR count). The van der Waals surface area contributed by atoms with Crippen LogP contribution >= 0.6 is 11.3 Å². The predicted molar refractivity (Wildman–Crippen MR) is 85.2 cm³/mol. The van der Waals surface area contributed by atoms with E-state index in [1.54, 1.807) is 11.8 Å². The minimum absolute atomic E-state index is 0.0454.